The normalized spacial score (nSPS) is 15.5. The first-order chi connectivity index (χ1) is 17.9. The van der Waals surface area contributed by atoms with Crippen molar-refractivity contribution in [2.24, 2.45) is 0 Å². The molecular weight excluding hydrogens is 495 g/mol. The maximum Gasteiger partial charge on any atom is 0.253 e. The number of nitrogen functional groups attached to an aromatic ring is 1. The number of hydrogen-bond acceptors (Lipinski definition) is 5. The smallest absolute Gasteiger partial charge is 0.253 e. The number of alkyl halides is 1. The number of halogens is 2. The van der Waals surface area contributed by atoms with Gasteiger partial charge in [-0.1, -0.05) is 23.7 Å². The lowest BCUT2D eigenvalue weighted by atomic mass is 10.0. The summed E-state index contributed by atoms with van der Waals surface area (Å²) in [5.41, 5.74) is 9.11. The number of aromatic nitrogens is 1. The zero-order valence-corrected chi connectivity index (χ0v) is 20.5. The van der Waals surface area contributed by atoms with Gasteiger partial charge in [0.15, 0.2) is 5.58 Å². The third-order valence-electron chi connectivity index (χ3n) is 6.18. The highest BCUT2D eigenvalue weighted by atomic mass is 35.5. The minimum atomic E-state index is -0.950. The Hall–Kier alpha value is -4.17. The summed E-state index contributed by atoms with van der Waals surface area (Å²) in [6.07, 6.45) is 4.07. The molecule has 5 rings (SSSR count). The Kier molecular flexibility index (Phi) is 6.92. The van der Waals surface area contributed by atoms with Crippen molar-refractivity contribution in [3.8, 4) is 11.1 Å². The van der Waals surface area contributed by atoms with Gasteiger partial charge in [-0.3, -0.25) is 9.59 Å². The van der Waals surface area contributed by atoms with Crippen LogP contribution >= 0.6 is 11.6 Å². The van der Waals surface area contributed by atoms with E-state index < -0.39 is 6.17 Å². The maximum absolute atomic E-state index is 13.5. The number of carbonyl (C=O) groups is 2. The highest BCUT2D eigenvalue weighted by molar-refractivity contribution is 6.35. The van der Waals surface area contributed by atoms with Crippen LogP contribution < -0.4 is 11.1 Å². The number of benzene rings is 2. The highest BCUT2D eigenvalue weighted by Gasteiger charge is 2.26. The molecule has 3 N–H and O–H groups in total. The molecule has 1 aliphatic rings. The van der Waals surface area contributed by atoms with E-state index in [4.69, 9.17) is 21.8 Å². The third kappa shape index (κ3) is 5.65. The van der Waals surface area contributed by atoms with Crippen molar-refractivity contribution in [3.63, 3.8) is 0 Å². The number of nitrogens with zero attached hydrogens (tertiary/aromatic N) is 2. The highest BCUT2D eigenvalue weighted by Crippen LogP contribution is 2.33. The minimum absolute atomic E-state index is 0.145. The molecule has 1 saturated heterocycles. The Bertz CT molecular complexity index is 1480. The van der Waals surface area contributed by atoms with Crippen molar-refractivity contribution in [3.05, 3.63) is 88.8 Å². The van der Waals surface area contributed by atoms with E-state index in [0.717, 1.165) is 22.1 Å². The van der Waals surface area contributed by atoms with Gasteiger partial charge >= 0.3 is 0 Å². The summed E-state index contributed by atoms with van der Waals surface area (Å²) in [5.74, 6) is 0.523. The van der Waals surface area contributed by atoms with Crippen LogP contribution in [-0.4, -0.2) is 41.0 Å². The summed E-state index contributed by atoms with van der Waals surface area (Å²) in [5, 5.41) is 4.01. The van der Waals surface area contributed by atoms with Crippen LogP contribution in [0.25, 0.3) is 28.2 Å². The lowest BCUT2D eigenvalue weighted by molar-refractivity contribution is -0.116. The largest absolute Gasteiger partial charge is 0.458 e. The number of pyridine rings is 1. The molecule has 0 spiro atoms. The second-order valence-electron chi connectivity index (χ2n) is 8.87. The monoisotopic (exact) mass is 518 g/mol. The number of fused-ring (bicyclic) bond motifs is 1. The van der Waals surface area contributed by atoms with Gasteiger partial charge in [0.25, 0.3) is 5.91 Å². The lowest BCUT2D eigenvalue weighted by Gasteiger charge is -2.15. The maximum atomic E-state index is 13.5. The van der Waals surface area contributed by atoms with Crippen LogP contribution in [-0.2, 0) is 11.3 Å². The van der Waals surface area contributed by atoms with Gasteiger partial charge in [-0.05, 0) is 71.7 Å². The van der Waals surface area contributed by atoms with Gasteiger partial charge in [0.1, 0.15) is 17.7 Å². The van der Waals surface area contributed by atoms with E-state index >= 15 is 0 Å². The second-order valence-corrected chi connectivity index (χ2v) is 9.28. The predicted octanol–water partition coefficient (Wildman–Crippen LogP) is 5.24. The summed E-state index contributed by atoms with van der Waals surface area (Å²) >= 11 is 6.49. The number of nitrogens with two attached hydrogens (primary N) is 1. The van der Waals surface area contributed by atoms with E-state index in [0.29, 0.717) is 40.7 Å². The lowest BCUT2D eigenvalue weighted by Crippen LogP contribution is -2.28. The number of anilines is 1. The summed E-state index contributed by atoms with van der Waals surface area (Å²) < 4.78 is 19.3. The van der Waals surface area contributed by atoms with Crippen LogP contribution in [0.1, 0.15) is 28.1 Å². The van der Waals surface area contributed by atoms with Crippen LogP contribution in [0.2, 0.25) is 5.02 Å². The minimum Gasteiger partial charge on any atom is -0.458 e. The quantitative estimate of drug-likeness (QED) is 0.340. The van der Waals surface area contributed by atoms with E-state index in [-0.39, 0.29) is 24.9 Å². The summed E-state index contributed by atoms with van der Waals surface area (Å²) in [6, 6.07) is 16.2. The molecule has 2 amide bonds. The van der Waals surface area contributed by atoms with Crippen LogP contribution in [0.15, 0.2) is 71.3 Å². The Morgan fingerprint density at radius 3 is 2.68 bits per heavy atom. The molecule has 188 valence electrons. The van der Waals surface area contributed by atoms with Crippen molar-refractivity contribution in [1.82, 2.24) is 15.2 Å². The molecule has 7 nitrogen and oxygen atoms in total. The van der Waals surface area contributed by atoms with Gasteiger partial charge in [0, 0.05) is 29.8 Å². The Labute approximate surface area is 217 Å². The average molecular weight is 519 g/mol. The number of nitrogens with one attached hydrogen (secondary N) is 1. The number of likely N-dealkylation sites (tertiary alicyclic amines) is 1. The average Bonchev–Trinajstić information content (AvgIpc) is 3.53. The predicted molar refractivity (Wildman–Crippen MR) is 142 cm³/mol. The zero-order valence-electron chi connectivity index (χ0n) is 19.8. The molecule has 1 aliphatic heterocycles. The molecule has 2 aromatic heterocycles. The van der Waals surface area contributed by atoms with Gasteiger partial charge in [0.2, 0.25) is 5.91 Å². The van der Waals surface area contributed by atoms with Crippen LogP contribution in [0.3, 0.4) is 0 Å². The topological polar surface area (TPSA) is 101 Å². The first-order valence-corrected chi connectivity index (χ1v) is 12.2. The molecule has 0 radical (unpaired) electrons. The SMILES string of the molecule is Nc1ccc(/C=C/C(=O)NCc2cc3cc(-c4ccc(C(=O)N5CC[C@H](F)C5)cc4)cc(Cl)c3o2)cn1. The van der Waals surface area contributed by atoms with Gasteiger partial charge in [-0.15, -0.1) is 0 Å². The van der Waals surface area contributed by atoms with Gasteiger partial charge < -0.3 is 20.4 Å². The van der Waals surface area contributed by atoms with E-state index in [2.05, 4.69) is 10.3 Å². The standard InChI is InChI=1S/C28H24ClFN4O3/c29-24-13-20(18-3-5-19(6-4-18)28(36)34-10-9-22(30)16-34)11-21-12-23(37-27(21)24)15-33-26(35)8-2-17-1-7-25(31)32-14-17/h1-8,11-14,22H,9-10,15-16H2,(H2,31,32)(H,33,35)/b8-2+/t22-/m0/s1. The van der Waals surface area contributed by atoms with Crippen molar-refractivity contribution >= 4 is 46.3 Å². The molecule has 3 heterocycles. The molecule has 9 heteroatoms. The van der Waals surface area contributed by atoms with Crippen LogP contribution in [0, 0.1) is 0 Å². The summed E-state index contributed by atoms with van der Waals surface area (Å²) in [4.78, 5) is 30.3. The fraction of sp³-hybridized carbons (Fsp3) is 0.179. The van der Waals surface area contributed by atoms with E-state index in [1.165, 1.54) is 6.08 Å². The van der Waals surface area contributed by atoms with Crippen LogP contribution in [0.4, 0.5) is 10.2 Å². The van der Waals surface area contributed by atoms with Gasteiger partial charge in [0.05, 0.1) is 18.1 Å². The number of amides is 2. The zero-order chi connectivity index (χ0) is 25.9. The molecule has 37 heavy (non-hydrogen) atoms. The molecule has 0 aliphatic carbocycles. The second kappa shape index (κ2) is 10.4. The van der Waals surface area contributed by atoms with Crippen molar-refractivity contribution in [1.29, 1.82) is 0 Å². The molecule has 0 bridgehead atoms. The third-order valence-corrected chi connectivity index (χ3v) is 6.46. The summed E-state index contributed by atoms with van der Waals surface area (Å²) in [6.45, 7) is 0.774. The fourth-order valence-corrected chi connectivity index (χ4v) is 4.49. The Balaban J connectivity index is 1.26. The van der Waals surface area contributed by atoms with Crippen LogP contribution in [0.5, 0.6) is 0 Å². The molecule has 0 unspecified atom stereocenters. The first kappa shape index (κ1) is 24.5. The van der Waals surface area contributed by atoms with E-state index in [1.54, 1.807) is 47.5 Å². The van der Waals surface area contributed by atoms with Crippen molar-refractivity contribution in [2.75, 3.05) is 18.8 Å². The van der Waals surface area contributed by atoms with E-state index in [1.807, 2.05) is 24.3 Å². The molecular formula is C28H24ClFN4O3. The summed E-state index contributed by atoms with van der Waals surface area (Å²) in [7, 11) is 0. The van der Waals surface area contributed by atoms with Crippen molar-refractivity contribution in [2.45, 2.75) is 19.1 Å². The number of hydrogen-bond donors (Lipinski definition) is 2. The number of furan rings is 1. The molecule has 4 aromatic rings. The Morgan fingerprint density at radius 1 is 1.16 bits per heavy atom. The van der Waals surface area contributed by atoms with Gasteiger partial charge in [-0.25, -0.2) is 9.37 Å². The number of rotatable bonds is 6. The first-order valence-electron chi connectivity index (χ1n) is 11.8. The fourth-order valence-electron chi connectivity index (χ4n) is 4.23. The van der Waals surface area contributed by atoms with Crippen molar-refractivity contribution < 1.29 is 18.4 Å². The van der Waals surface area contributed by atoms with E-state index in [9.17, 15) is 14.0 Å². The molecule has 1 atom stereocenters. The molecule has 2 aromatic carbocycles. The molecule has 0 saturated carbocycles. The Morgan fingerprint density at radius 2 is 1.97 bits per heavy atom. The van der Waals surface area contributed by atoms with Gasteiger partial charge in [-0.2, -0.15) is 0 Å². The molecule has 1 fully saturated rings. The number of carbonyl (C=O) groups excluding carboxylic acids is 2.